The summed E-state index contributed by atoms with van der Waals surface area (Å²) in [6, 6.07) is 0. The van der Waals surface area contributed by atoms with Crippen molar-refractivity contribution in [2.75, 3.05) is 13.2 Å². The van der Waals surface area contributed by atoms with Crippen molar-refractivity contribution in [3.8, 4) is 0 Å². The van der Waals surface area contributed by atoms with Gasteiger partial charge in [-0.25, -0.2) is 9.13 Å². The van der Waals surface area contributed by atoms with Crippen molar-refractivity contribution in [2.45, 2.75) is 39.5 Å². The number of unbranched alkanes of at least 4 members (excludes halogenated alkanes) is 2. The van der Waals surface area contributed by atoms with E-state index in [1.807, 2.05) is 13.8 Å². The van der Waals surface area contributed by atoms with E-state index in [-0.39, 0.29) is 38.0 Å². The van der Waals surface area contributed by atoms with Crippen molar-refractivity contribution in [2.24, 2.45) is 0 Å². The third kappa shape index (κ3) is 36.4. The molecule has 0 aromatic heterocycles. The van der Waals surface area contributed by atoms with Gasteiger partial charge in [-0.05, 0) is 12.8 Å². The molecule has 0 spiro atoms. The molecule has 20 heavy (non-hydrogen) atoms. The Morgan fingerprint density at radius 1 is 0.750 bits per heavy atom. The van der Waals surface area contributed by atoms with Crippen molar-refractivity contribution in [1.82, 2.24) is 0 Å². The molecule has 4 N–H and O–H groups in total. The summed E-state index contributed by atoms with van der Waals surface area (Å²) in [6.07, 6.45) is 3.12. The molecule has 12 heteroatoms. The van der Waals surface area contributed by atoms with E-state index in [9.17, 15) is 9.13 Å². The topological polar surface area (TPSA) is 134 Å². The number of phosphoric acid groups is 2. The molecule has 0 atom stereocenters. The summed E-state index contributed by atoms with van der Waals surface area (Å²) in [5.74, 6) is 0. The van der Waals surface area contributed by atoms with Crippen LogP contribution in [0, 0.1) is 0 Å². The van der Waals surface area contributed by atoms with E-state index in [4.69, 9.17) is 19.6 Å². The van der Waals surface area contributed by atoms with Gasteiger partial charge < -0.3 is 19.6 Å². The maximum Gasteiger partial charge on any atom is 0.469 e. The van der Waals surface area contributed by atoms with E-state index in [0.717, 1.165) is 12.8 Å². The fourth-order valence-electron chi connectivity index (χ4n) is 0.656. The average molecular weight is 381 g/mol. The molecule has 0 aliphatic carbocycles. The highest BCUT2D eigenvalue weighted by molar-refractivity contribution is 7.46. The highest BCUT2D eigenvalue weighted by atomic mass is 35.5. The molecule has 0 saturated heterocycles. The molecule has 0 aliphatic heterocycles. The van der Waals surface area contributed by atoms with Gasteiger partial charge in [-0.3, -0.25) is 9.05 Å². The highest BCUT2D eigenvalue weighted by Gasteiger charge is 2.12. The summed E-state index contributed by atoms with van der Waals surface area (Å²) in [5.41, 5.74) is 0. The summed E-state index contributed by atoms with van der Waals surface area (Å²) in [6.45, 7) is 4.12. The second-order valence-corrected chi connectivity index (χ2v) is 5.83. The minimum Gasteiger partial charge on any atom is -0.303 e. The Morgan fingerprint density at radius 3 is 1.15 bits per heavy atom. The molecule has 0 aromatic rings. The van der Waals surface area contributed by atoms with Gasteiger partial charge in [0, 0.05) is 0 Å². The van der Waals surface area contributed by atoms with Crippen LogP contribution in [-0.2, 0) is 18.2 Å². The van der Waals surface area contributed by atoms with Gasteiger partial charge in [0.2, 0.25) is 0 Å². The van der Waals surface area contributed by atoms with Crippen molar-refractivity contribution in [3.63, 3.8) is 0 Å². The van der Waals surface area contributed by atoms with Crippen molar-refractivity contribution in [1.29, 1.82) is 0 Å². The zero-order chi connectivity index (χ0) is 14.7. The lowest BCUT2D eigenvalue weighted by Gasteiger charge is -2.02. The minimum atomic E-state index is -4.20. The monoisotopic (exact) mass is 380 g/mol. The molecule has 0 aromatic carbocycles. The van der Waals surface area contributed by atoms with E-state index in [1.54, 1.807) is 0 Å². The summed E-state index contributed by atoms with van der Waals surface area (Å²) in [4.78, 5) is 32.5. The predicted molar refractivity (Wildman–Crippen MR) is 80.3 cm³/mol. The third-order valence-corrected chi connectivity index (χ3v) is 2.55. The van der Waals surface area contributed by atoms with E-state index in [2.05, 4.69) is 9.05 Å². The fraction of sp³-hybridized carbons (Fsp3) is 1.00. The molecule has 8 nitrogen and oxygen atoms in total. The molecule has 0 saturated carbocycles. The van der Waals surface area contributed by atoms with E-state index in [0.29, 0.717) is 12.8 Å². The molecular formula is C8H24Cl2O8P2. The minimum absolute atomic E-state index is 0. The number of halogens is 2. The number of phosphoric ester groups is 2. The maximum absolute atomic E-state index is 9.98. The Balaban J connectivity index is -0.000000116. The number of rotatable bonds is 8. The first-order valence-corrected chi connectivity index (χ1v) is 8.58. The first kappa shape index (κ1) is 28.9. The van der Waals surface area contributed by atoms with Gasteiger partial charge in [-0.1, -0.05) is 26.7 Å². The Bertz CT molecular complexity index is 252. The standard InChI is InChI=1S/2C4H11O4P.2ClH/c2*1-2-3-4-8-9(5,6)7;;/h2*2-4H2,1H3,(H2,5,6,7);2*1H. The van der Waals surface area contributed by atoms with Crippen LogP contribution in [-0.4, -0.2) is 32.8 Å². The lowest BCUT2D eigenvalue weighted by molar-refractivity contribution is 0.193. The summed E-state index contributed by atoms with van der Waals surface area (Å²) in [5, 5.41) is 0. The number of hydrogen-bond acceptors (Lipinski definition) is 4. The van der Waals surface area contributed by atoms with Crippen LogP contribution in [0.1, 0.15) is 39.5 Å². The van der Waals surface area contributed by atoms with Crippen LogP contribution >= 0.6 is 40.5 Å². The Morgan fingerprint density at radius 2 is 1.00 bits per heavy atom. The van der Waals surface area contributed by atoms with Gasteiger partial charge in [0.05, 0.1) is 13.2 Å². The Hall–Kier alpha value is 0.800. The van der Waals surface area contributed by atoms with Gasteiger partial charge >= 0.3 is 15.6 Å². The highest BCUT2D eigenvalue weighted by Crippen LogP contribution is 2.36. The smallest absolute Gasteiger partial charge is 0.303 e. The van der Waals surface area contributed by atoms with Gasteiger partial charge in [0.1, 0.15) is 0 Å². The van der Waals surface area contributed by atoms with E-state index in [1.165, 1.54) is 0 Å². The Labute approximate surface area is 131 Å². The molecule has 0 fully saturated rings. The summed E-state index contributed by atoms with van der Waals surface area (Å²) in [7, 11) is -8.39. The quantitative estimate of drug-likeness (QED) is 0.373. The lowest BCUT2D eigenvalue weighted by Crippen LogP contribution is -1.90. The van der Waals surface area contributed by atoms with E-state index >= 15 is 0 Å². The molecule has 0 rings (SSSR count). The zero-order valence-electron chi connectivity index (χ0n) is 11.4. The molecular weight excluding hydrogens is 357 g/mol. The SMILES string of the molecule is CCCCOP(=O)(O)O.CCCCOP(=O)(O)O.Cl.Cl. The van der Waals surface area contributed by atoms with Crippen LogP contribution in [0.2, 0.25) is 0 Å². The van der Waals surface area contributed by atoms with Crippen molar-refractivity contribution < 1.29 is 37.8 Å². The average Bonchev–Trinajstić information content (AvgIpc) is 2.16. The number of hydrogen-bond donors (Lipinski definition) is 4. The van der Waals surface area contributed by atoms with Crippen LogP contribution in [0.3, 0.4) is 0 Å². The maximum atomic E-state index is 9.98. The molecule has 0 bridgehead atoms. The first-order chi connectivity index (χ1) is 8.12. The van der Waals surface area contributed by atoms with Gasteiger partial charge in [0.15, 0.2) is 0 Å². The van der Waals surface area contributed by atoms with Crippen LogP contribution < -0.4 is 0 Å². The molecule has 0 radical (unpaired) electrons. The second kappa shape index (κ2) is 16.2. The predicted octanol–water partition coefficient (Wildman–Crippen LogP) is 2.64. The van der Waals surface area contributed by atoms with Gasteiger partial charge in [-0.15, -0.1) is 24.8 Å². The molecule has 0 heterocycles. The van der Waals surface area contributed by atoms with Gasteiger partial charge in [0.25, 0.3) is 0 Å². The zero-order valence-corrected chi connectivity index (χ0v) is 14.8. The fourth-order valence-corrected chi connectivity index (χ4v) is 1.39. The second-order valence-electron chi connectivity index (χ2n) is 3.35. The lowest BCUT2D eigenvalue weighted by atomic mass is 10.4. The third-order valence-electron chi connectivity index (χ3n) is 1.51. The van der Waals surface area contributed by atoms with E-state index < -0.39 is 15.6 Å². The largest absolute Gasteiger partial charge is 0.469 e. The summed E-state index contributed by atoms with van der Waals surface area (Å²) < 4.78 is 28.2. The molecule has 0 amide bonds. The van der Waals surface area contributed by atoms with Crippen LogP contribution in [0.25, 0.3) is 0 Å². The van der Waals surface area contributed by atoms with Crippen molar-refractivity contribution >= 4 is 40.5 Å². The first-order valence-electron chi connectivity index (χ1n) is 5.52. The normalized spacial score (nSPS) is 10.7. The molecule has 0 aliphatic rings. The molecule has 128 valence electrons. The van der Waals surface area contributed by atoms with Crippen LogP contribution in [0.4, 0.5) is 0 Å². The van der Waals surface area contributed by atoms with Crippen molar-refractivity contribution in [3.05, 3.63) is 0 Å². The van der Waals surface area contributed by atoms with Crippen LogP contribution in [0.5, 0.6) is 0 Å². The van der Waals surface area contributed by atoms with Crippen LogP contribution in [0.15, 0.2) is 0 Å². The van der Waals surface area contributed by atoms with Gasteiger partial charge in [-0.2, -0.15) is 0 Å². The Kier molecular flexibility index (Phi) is 23.4. The summed E-state index contributed by atoms with van der Waals surface area (Å²) >= 11 is 0. The molecule has 0 unspecified atom stereocenters.